The van der Waals surface area contributed by atoms with Crippen LogP contribution in [0.1, 0.15) is 38.8 Å². The van der Waals surface area contributed by atoms with Gasteiger partial charge in [0.1, 0.15) is 12.6 Å². The van der Waals surface area contributed by atoms with Crippen LogP contribution < -0.4 is 10.3 Å². The van der Waals surface area contributed by atoms with E-state index in [-0.39, 0.29) is 10.8 Å². The molecule has 0 amide bonds. The lowest BCUT2D eigenvalue weighted by Gasteiger charge is -2.27. The Morgan fingerprint density at radius 1 is 1.61 bits per heavy atom. The minimum atomic E-state index is -1.13. The quantitative estimate of drug-likeness (QED) is 0.497. The molecule has 1 rings (SSSR count). The molecule has 0 aromatic carbocycles. The van der Waals surface area contributed by atoms with Gasteiger partial charge in [-0.2, -0.15) is 0 Å². The van der Waals surface area contributed by atoms with Crippen LogP contribution in [-0.2, 0) is 11.4 Å². The lowest BCUT2D eigenvalue weighted by atomic mass is 9.98. The highest BCUT2D eigenvalue weighted by molar-refractivity contribution is 7.90. The number of nitrogens with zero attached hydrogens (tertiary/aromatic N) is 1. The van der Waals surface area contributed by atoms with Crippen molar-refractivity contribution in [2.75, 3.05) is 0 Å². The first-order valence-electron chi connectivity index (χ1n) is 5.85. The first kappa shape index (κ1) is 15.3. The smallest absolute Gasteiger partial charge is 0.141 e. The van der Waals surface area contributed by atoms with Gasteiger partial charge in [-0.3, -0.25) is 4.98 Å². The fourth-order valence-corrected chi connectivity index (χ4v) is 2.25. The van der Waals surface area contributed by atoms with Crippen LogP contribution in [0.4, 0.5) is 0 Å². The van der Waals surface area contributed by atoms with E-state index in [9.17, 15) is 4.55 Å². The van der Waals surface area contributed by atoms with Crippen LogP contribution in [0.25, 0.3) is 0 Å². The zero-order chi connectivity index (χ0) is 13.8. The Hall–Kier alpha value is -0.775. The van der Waals surface area contributed by atoms with Gasteiger partial charge in [0.05, 0.1) is 6.04 Å². The Labute approximate surface area is 114 Å². The van der Waals surface area contributed by atoms with Crippen LogP contribution in [0, 0.1) is 0 Å². The molecule has 1 heterocycles. The summed E-state index contributed by atoms with van der Waals surface area (Å²) in [6, 6.07) is 3.60. The van der Waals surface area contributed by atoms with Crippen molar-refractivity contribution in [2.24, 2.45) is 0 Å². The second kappa shape index (κ2) is 6.41. The number of aromatic nitrogens is 1. The number of nitrogens with one attached hydrogen (secondary N) is 1. The molecular formula is C13H19BN2OS. The van der Waals surface area contributed by atoms with Crippen LogP contribution in [0.2, 0.25) is 0 Å². The predicted octanol–water partition coefficient (Wildman–Crippen LogP) is 1.54. The summed E-state index contributed by atoms with van der Waals surface area (Å²) in [7, 11) is 5.67. The van der Waals surface area contributed by atoms with Gasteiger partial charge < -0.3 is 4.55 Å². The SMILES string of the molecule is [B]c1cc([C@H](CC=C)N[S+]([O-])C(C)(C)C)ccn1. The summed E-state index contributed by atoms with van der Waals surface area (Å²) in [6.45, 7) is 9.53. The average Bonchev–Trinajstić information content (AvgIpc) is 2.27. The number of rotatable bonds is 5. The molecule has 0 saturated heterocycles. The molecule has 0 saturated carbocycles. The molecule has 5 heteroatoms. The zero-order valence-electron chi connectivity index (χ0n) is 11.1. The van der Waals surface area contributed by atoms with Gasteiger partial charge in [0.2, 0.25) is 0 Å². The van der Waals surface area contributed by atoms with Crippen molar-refractivity contribution in [1.29, 1.82) is 0 Å². The van der Waals surface area contributed by atoms with E-state index in [2.05, 4.69) is 16.3 Å². The molecule has 0 aliphatic heterocycles. The highest BCUT2D eigenvalue weighted by atomic mass is 32.2. The van der Waals surface area contributed by atoms with Gasteiger partial charge in [-0.25, -0.2) is 0 Å². The highest BCUT2D eigenvalue weighted by Gasteiger charge is 2.29. The molecule has 3 nitrogen and oxygen atoms in total. The third kappa shape index (κ3) is 4.48. The second-order valence-corrected chi connectivity index (χ2v) is 7.09. The molecule has 0 bridgehead atoms. The molecule has 18 heavy (non-hydrogen) atoms. The fourth-order valence-electron chi connectivity index (χ4n) is 1.41. The summed E-state index contributed by atoms with van der Waals surface area (Å²) >= 11 is -1.13. The molecule has 1 aromatic heterocycles. The van der Waals surface area contributed by atoms with E-state index >= 15 is 0 Å². The van der Waals surface area contributed by atoms with Crippen molar-refractivity contribution < 1.29 is 4.55 Å². The summed E-state index contributed by atoms with van der Waals surface area (Å²) in [4.78, 5) is 3.96. The number of hydrogen-bond donors (Lipinski definition) is 1. The highest BCUT2D eigenvalue weighted by Crippen LogP contribution is 2.21. The molecule has 0 fully saturated rings. The van der Waals surface area contributed by atoms with Crippen molar-refractivity contribution in [3.05, 3.63) is 36.5 Å². The van der Waals surface area contributed by atoms with E-state index in [1.807, 2.05) is 26.8 Å². The van der Waals surface area contributed by atoms with Crippen LogP contribution in [0.15, 0.2) is 31.0 Å². The van der Waals surface area contributed by atoms with E-state index in [4.69, 9.17) is 7.85 Å². The summed E-state index contributed by atoms with van der Waals surface area (Å²) in [6.07, 6.45) is 4.14. The van der Waals surface area contributed by atoms with Crippen molar-refractivity contribution in [3.8, 4) is 0 Å². The minimum absolute atomic E-state index is 0.0622. The van der Waals surface area contributed by atoms with E-state index in [1.165, 1.54) is 0 Å². The summed E-state index contributed by atoms with van der Waals surface area (Å²) in [5.74, 6) is 0. The van der Waals surface area contributed by atoms with Crippen molar-refractivity contribution >= 4 is 24.8 Å². The second-order valence-electron chi connectivity index (χ2n) is 5.09. The average molecular weight is 262 g/mol. The Kier molecular flexibility index (Phi) is 5.44. The topological polar surface area (TPSA) is 48.0 Å². The van der Waals surface area contributed by atoms with Crippen LogP contribution in [0.5, 0.6) is 0 Å². The maximum Gasteiger partial charge on any atom is 0.141 e. The maximum absolute atomic E-state index is 12.1. The lowest BCUT2D eigenvalue weighted by molar-refractivity contribution is 0.524. The van der Waals surface area contributed by atoms with Crippen molar-refractivity contribution in [1.82, 2.24) is 9.71 Å². The fraction of sp³-hybridized carbons (Fsp3) is 0.462. The van der Waals surface area contributed by atoms with Gasteiger partial charge in [0, 0.05) is 17.6 Å². The van der Waals surface area contributed by atoms with Crippen LogP contribution >= 0.6 is 0 Å². The molecule has 1 unspecified atom stereocenters. The molecule has 2 radical (unpaired) electrons. The van der Waals surface area contributed by atoms with Crippen molar-refractivity contribution in [2.45, 2.75) is 38.0 Å². The predicted molar refractivity (Wildman–Crippen MR) is 78.2 cm³/mol. The van der Waals surface area contributed by atoms with Gasteiger partial charge >= 0.3 is 0 Å². The Morgan fingerprint density at radius 2 is 2.28 bits per heavy atom. The molecule has 0 aliphatic carbocycles. The molecule has 0 aliphatic rings. The van der Waals surface area contributed by atoms with Gasteiger partial charge in [0.15, 0.2) is 0 Å². The molecular weight excluding hydrogens is 243 g/mol. The van der Waals surface area contributed by atoms with E-state index < -0.39 is 11.4 Å². The van der Waals surface area contributed by atoms with Gasteiger partial charge in [0.25, 0.3) is 0 Å². The zero-order valence-corrected chi connectivity index (χ0v) is 12.0. The Morgan fingerprint density at radius 3 is 2.78 bits per heavy atom. The van der Waals surface area contributed by atoms with Gasteiger partial charge in [-0.1, -0.05) is 6.08 Å². The van der Waals surface area contributed by atoms with Gasteiger partial charge in [-0.15, -0.1) is 11.3 Å². The standard InChI is InChI=1S/C13H19BN2OS/c1-5-6-11(16-18(17)13(2,3)4)10-7-8-15-12(14)9-10/h5,7-9,11,16H,1,6H2,2-4H3/t11-,18?/m0/s1. The molecule has 0 spiro atoms. The first-order valence-corrected chi connectivity index (χ1v) is 7.00. The van der Waals surface area contributed by atoms with E-state index in [1.54, 1.807) is 18.3 Å². The minimum Gasteiger partial charge on any atom is -0.598 e. The summed E-state index contributed by atoms with van der Waals surface area (Å²) < 4.78 is 14.9. The van der Waals surface area contributed by atoms with Crippen LogP contribution in [-0.4, -0.2) is 22.1 Å². The number of pyridine rings is 1. The first-order chi connectivity index (χ1) is 8.34. The largest absolute Gasteiger partial charge is 0.598 e. The third-order valence-corrected chi connectivity index (χ3v) is 4.03. The van der Waals surface area contributed by atoms with E-state index in [0.29, 0.717) is 12.0 Å². The molecule has 1 N–H and O–H groups in total. The van der Waals surface area contributed by atoms with Crippen LogP contribution in [0.3, 0.4) is 0 Å². The monoisotopic (exact) mass is 262 g/mol. The summed E-state index contributed by atoms with van der Waals surface area (Å²) in [5, 5.41) is 0. The molecule has 2 atom stereocenters. The third-order valence-electron chi connectivity index (χ3n) is 2.42. The Bertz CT molecular complexity index is 406. The number of hydrogen-bond acceptors (Lipinski definition) is 3. The van der Waals surface area contributed by atoms with Crippen molar-refractivity contribution in [3.63, 3.8) is 0 Å². The van der Waals surface area contributed by atoms with Gasteiger partial charge in [-0.05, 0) is 50.5 Å². The Balaban J connectivity index is 2.86. The lowest BCUT2D eigenvalue weighted by Crippen LogP contribution is -2.41. The van der Waals surface area contributed by atoms with E-state index in [0.717, 1.165) is 5.56 Å². The normalized spacial score (nSPS) is 15.1. The molecule has 96 valence electrons. The summed E-state index contributed by atoms with van der Waals surface area (Å²) in [5.41, 5.74) is 1.44. The molecule has 1 aromatic rings. The maximum atomic E-state index is 12.1.